The predicted octanol–water partition coefficient (Wildman–Crippen LogP) is 4.37. The lowest BCUT2D eigenvalue weighted by Crippen LogP contribution is -2.31. The van der Waals surface area contributed by atoms with Gasteiger partial charge in [0.1, 0.15) is 19.0 Å². The lowest BCUT2D eigenvalue weighted by atomic mass is 9.87. The van der Waals surface area contributed by atoms with Gasteiger partial charge in [-0.05, 0) is 52.9 Å². The number of ether oxygens (including phenoxy) is 3. The van der Waals surface area contributed by atoms with E-state index in [4.69, 9.17) is 14.2 Å². The van der Waals surface area contributed by atoms with Gasteiger partial charge in [-0.15, -0.1) is 0 Å². The van der Waals surface area contributed by atoms with Crippen molar-refractivity contribution >= 4 is 0 Å². The van der Waals surface area contributed by atoms with E-state index in [-0.39, 0.29) is 6.04 Å². The molecule has 0 spiro atoms. The van der Waals surface area contributed by atoms with Crippen molar-refractivity contribution in [3.8, 4) is 28.4 Å². The minimum atomic E-state index is 0.0539. The summed E-state index contributed by atoms with van der Waals surface area (Å²) in [5.41, 5.74) is 6.06. The molecule has 0 aromatic heterocycles. The molecule has 2 aliphatic rings. The summed E-state index contributed by atoms with van der Waals surface area (Å²) in [6, 6.07) is 21.2. The number of hydrogen-bond donors (Lipinski definition) is 1. The molecule has 1 unspecified atom stereocenters. The van der Waals surface area contributed by atoms with Gasteiger partial charge in [0.2, 0.25) is 0 Å². The zero-order valence-corrected chi connectivity index (χ0v) is 15.9. The fourth-order valence-corrected chi connectivity index (χ4v) is 4.14. The average Bonchev–Trinajstić information content (AvgIpc) is 2.77. The highest BCUT2D eigenvalue weighted by molar-refractivity contribution is 5.67. The van der Waals surface area contributed by atoms with Crippen LogP contribution in [0.5, 0.6) is 17.2 Å². The second-order valence-corrected chi connectivity index (χ2v) is 7.15. The molecule has 1 atom stereocenters. The summed E-state index contributed by atoms with van der Waals surface area (Å²) >= 11 is 0. The normalized spacial score (nSPS) is 17.7. The zero-order valence-electron chi connectivity index (χ0n) is 15.9. The van der Waals surface area contributed by atoms with Gasteiger partial charge in [-0.1, -0.05) is 36.4 Å². The van der Waals surface area contributed by atoms with Crippen molar-refractivity contribution in [2.45, 2.75) is 12.5 Å². The summed E-state index contributed by atoms with van der Waals surface area (Å²) in [5, 5.41) is 3.68. The first kappa shape index (κ1) is 17.1. The van der Waals surface area contributed by atoms with Crippen molar-refractivity contribution in [1.82, 2.24) is 5.32 Å². The monoisotopic (exact) mass is 373 g/mol. The molecule has 5 rings (SSSR count). The second kappa shape index (κ2) is 7.21. The van der Waals surface area contributed by atoms with Crippen LogP contribution in [-0.2, 0) is 6.42 Å². The molecule has 0 bridgehead atoms. The van der Waals surface area contributed by atoms with Crippen LogP contribution in [0.4, 0.5) is 0 Å². The van der Waals surface area contributed by atoms with E-state index in [1.165, 1.54) is 22.3 Å². The van der Waals surface area contributed by atoms with Crippen LogP contribution in [-0.4, -0.2) is 26.9 Å². The summed E-state index contributed by atoms with van der Waals surface area (Å²) in [4.78, 5) is 0. The first-order valence-electron chi connectivity index (χ1n) is 9.72. The molecule has 4 heteroatoms. The Hall–Kier alpha value is -2.98. The number of rotatable bonds is 3. The van der Waals surface area contributed by atoms with Crippen LogP contribution in [0.25, 0.3) is 11.1 Å². The van der Waals surface area contributed by atoms with Gasteiger partial charge in [0.15, 0.2) is 11.5 Å². The molecule has 0 fully saturated rings. The van der Waals surface area contributed by atoms with E-state index in [0.29, 0.717) is 13.2 Å². The van der Waals surface area contributed by atoms with Crippen LogP contribution in [0.15, 0.2) is 60.7 Å². The molecule has 2 aliphatic heterocycles. The summed E-state index contributed by atoms with van der Waals surface area (Å²) in [6.45, 7) is 2.12. The van der Waals surface area contributed by atoms with Crippen LogP contribution in [0.3, 0.4) is 0 Å². The first-order chi connectivity index (χ1) is 13.8. The molecule has 1 N–H and O–H groups in total. The lowest BCUT2D eigenvalue weighted by Gasteiger charge is -2.31. The van der Waals surface area contributed by atoms with Gasteiger partial charge in [-0.2, -0.15) is 0 Å². The molecule has 3 aromatic carbocycles. The van der Waals surface area contributed by atoms with E-state index in [2.05, 4.69) is 59.9 Å². The molecule has 2 heterocycles. The van der Waals surface area contributed by atoms with Crippen molar-refractivity contribution in [2.75, 3.05) is 26.9 Å². The second-order valence-electron chi connectivity index (χ2n) is 7.15. The molecule has 0 saturated heterocycles. The van der Waals surface area contributed by atoms with Crippen LogP contribution in [0.2, 0.25) is 0 Å². The maximum atomic E-state index is 5.84. The SMILES string of the molecule is COc1ccc(-c2ccccc2)cc1C1NCCc2cc3c(cc21)OCCO3. The molecule has 0 radical (unpaired) electrons. The summed E-state index contributed by atoms with van der Waals surface area (Å²) in [7, 11) is 1.73. The number of methoxy groups -OCH3 is 1. The Bertz CT molecular complexity index is 1000. The third-order valence-corrected chi connectivity index (χ3v) is 5.51. The molecule has 4 nitrogen and oxygen atoms in total. The summed E-state index contributed by atoms with van der Waals surface area (Å²) in [5.74, 6) is 2.58. The largest absolute Gasteiger partial charge is 0.496 e. The number of hydrogen-bond acceptors (Lipinski definition) is 4. The zero-order chi connectivity index (χ0) is 18.9. The number of benzene rings is 3. The molecule has 142 valence electrons. The molecule has 0 amide bonds. The molecule has 3 aromatic rings. The van der Waals surface area contributed by atoms with Crippen molar-refractivity contribution in [1.29, 1.82) is 0 Å². The van der Waals surface area contributed by atoms with E-state index in [0.717, 1.165) is 35.8 Å². The van der Waals surface area contributed by atoms with Crippen LogP contribution in [0, 0.1) is 0 Å². The molecular formula is C24H23NO3. The fourth-order valence-electron chi connectivity index (χ4n) is 4.14. The van der Waals surface area contributed by atoms with Crippen molar-refractivity contribution < 1.29 is 14.2 Å². The average molecular weight is 373 g/mol. The Morgan fingerprint density at radius 3 is 2.43 bits per heavy atom. The highest BCUT2D eigenvalue weighted by Gasteiger charge is 2.27. The number of fused-ring (bicyclic) bond motifs is 2. The molecular weight excluding hydrogens is 350 g/mol. The quantitative estimate of drug-likeness (QED) is 0.740. The van der Waals surface area contributed by atoms with E-state index < -0.39 is 0 Å². The predicted molar refractivity (Wildman–Crippen MR) is 109 cm³/mol. The van der Waals surface area contributed by atoms with Crippen molar-refractivity contribution in [2.24, 2.45) is 0 Å². The van der Waals surface area contributed by atoms with E-state index in [1.54, 1.807) is 7.11 Å². The fraction of sp³-hybridized carbons (Fsp3) is 0.250. The standard InChI is InChI=1S/C24H23NO3/c1-26-21-8-7-17(16-5-3-2-4-6-16)13-20(21)24-19-15-23-22(27-11-12-28-23)14-18(19)9-10-25-24/h2-8,13-15,24-25H,9-12H2,1H3. The summed E-state index contributed by atoms with van der Waals surface area (Å²) in [6.07, 6.45) is 0.975. The highest BCUT2D eigenvalue weighted by atomic mass is 16.6. The molecule has 0 saturated carbocycles. The van der Waals surface area contributed by atoms with E-state index >= 15 is 0 Å². The third-order valence-electron chi connectivity index (χ3n) is 5.51. The van der Waals surface area contributed by atoms with E-state index in [9.17, 15) is 0 Å². The van der Waals surface area contributed by atoms with Crippen LogP contribution in [0.1, 0.15) is 22.7 Å². The Labute approximate surface area is 165 Å². The first-order valence-corrected chi connectivity index (χ1v) is 9.72. The maximum Gasteiger partial charge on any atom is 0.161 e. The lowest BCUT2D eigenvalue weighted by molar-refractivity contribution is 0.171. The Kier molecular flexibility index (Phi) is 4.41. The number of nitrogens with one attached hydrogen (secondary N) is 1. The van der Waals surface area contributed by atoms with Gasteiger partial charge in [-0.25, -0.2) is 0 Å². The van der Waals surface area contributed by atoms with Gasteiger partial charge < -0.3 is 19.5 Å². The highest BCUT2D eigenvalue weighted by Crippen LogP contribution is 2.41. The van der Waals surface area contributed by atoms with Crippen molar-refractivity contribution in [3.63, 3.8) is 0 Å². The Balaban J connectivity index is 1.62. The maximum absolute atomic E-state index is 5.84. The minimum absolute atomic E-state index is 0.0539. The van der Waals surface area contributed by atoms with Crippen molar-refractivity contribution in [3.05, 3.63) is 77.4 Å². The van der Waals surface area contributed by atoms with Gasteiger partial charge >= 0.3 is 0 Å². The Morgan fingerprint density at radius 1 is 0.857 bits per heavy atom. The Morgan fingerprint density at radius 2 is 1.64 bits per heavy atom. The molecule has 28 heavy (non-hydrogen) atoms. The van der Waals surface area contributed by atoms with Gasteiger partial charge in [0.25, 0.3) is 0 Å². The smallest absolute Gasteiger partial charge is 0.161 e. The van der Waals surface area contributed by atoms with Gasteiger partial charge in [0, 0.05) is 12.1 Å². The van der Waals surface area contributed by atoms with Gasteiger partial charge in [0.05, 0.1) is 13.2 Å². The van der Waals surface area contributed by atoms with Crippen LogP contribution < -0.4 is 19.5 Å². The van der Waals surface area contributed by atoms with Gasteiger partial charge in [-0.3, -0.25) is 0 Å². The molecule has 0 aliphatic carbocycles. The van der Waals surface area contributed by atoms with E-state index in [1.807, 2.05) is 6.07 Å². The topological polar surface area (TPSA) is 39.7 Å². The third kappa shape index (κ3) is 3.00. The minimum Gasteiger partial charge on any atom is -0.496 e. The van der Waals surface area contributed by atoms with Crippen LogP contribution >= 0.6 is 0 Å². The summed E-state index contributed by atoms with van der Waals surface area (Å²) < 4.78 is 17.3.